The van der Waals surface area contributed by atoms with Gasteiger partial charge in [-0.2, -0.15) is 0 Å². The lowest BCUT2D eigenvalue weighted by Gasteiger charge is -2.27. The van der Waals surface area contributed by atoms with Gasteiger partial charge in [0.2, 0.25) is 0 Å². The third-order valence-corrected chi connectivity index (χ3v) is 4.70. The minimum absolute atomic E-state index is 0.144. The number of hydrogen-bond donors (Lipinski definition) is 1. The molecule has 0 bridgehead atoms. The average molecular weight is 301 g/mol. The predicted molar refractivity (Wildman–Crippen MR) is 72.8 cm³/mol. The van der Waals surface area contributed by atoms with E-state index in [0.29, 0.717) is 0 Å². The molecule has 1 atom stereocenters. The SMILES string of the molecule is OC(CSc1cccc(Br)c1)CC1CCC1. The van der Waals surface area contributed by atoms with E-state index in [1.54, 1.807) is 11.8 Å². The normalized spacial score (nSPS) is 18.1. The van der Waals surface area contributed by atoms with E-state index in [1.165, 1.54) is 24.2 Å². The molecule has 1 unspecified atom stereocenters. The van der Waals surface area contributed by atoms with Gasteiger partial charge in [-0.05, 0) is 30.5 Å². The fraction of sp³-hybridized carbons (Fsp3) is 0.538. The van der Waals surface area contributed by atoms with Gasteiger partial charge in [0.15, 0.2) is 0 Å². The van der Waals surface area contributed by atoms with E-state index in [0.717, 1.165) is 22.6 Å². The third kappa shape index (κ3) is 3.79. The maximum atomic E-state index is 9.88. The van der Waals surface area contributed by atoms with Gasteiger partial charge in [-0.1, -0.05) is 41.3 Å². The van der Waals surface area contributed by atoms with Gasteiger partial charge in [-0.25, -0.2) is 0 Å². The van der Waals surface area contributed by atoms with E-state index in [4.69, 9.17) is 0 Å². The van der Waals surface area contributed by atoms with Crippen LogP contribution in [0.4, 0.5) is 0 Å². The molecule has 0 amide bonds. The smallest absolute Gasteiger partial charge is 0.0636 e. The van der Waals surface area contributed by atoms with Crippen molar-refractivity contribution >= 4 is 27.7 Å². The number of rotatable bonds is 5. The van der Waals surface area contributed by atoms with Gasteiger partial charge in [0.1, 0.15) is 0 Å². The number of aliphatic hydroxyl groups excluding tert-OH is 1. The van der Waals surface area contributed by atoms with E-state index in [2.05, 4.69) is 28.1 Å². The van der Waals surface area contributed by atoms with Gasteiger partial charge < -0.3 is 5.11 Å². The number of benzene rings is 1. The first kappa shape index (κ1) is 12.5. The molecule has 1 N–H and O–H groups in total. The highest BCUT2D eigenvalue weighted by Crippen LogP contribution is 2.32. The summed E-state index contributed by atoms with van der Waals surface area (Å²) in [6, 6.07) is 8.24. The van der Waals surface area contributed by atoms with Crippen molar-refractivity contribution in [3.05, 3.63) is 28.7 Å². The number of hydrogen-bond acceptors (Lipinski definition) is 2. The van der Waals surface area contributed by atoms with Crippen molar-refractivity contribution < 1.29 is 5.11 Å². The van der Waals surface area contributed by atoms with Crippen LogP contribution in [0.5, 0.6) is 0 Å². The molecule has 0 aliphatic heterocycles. The highest BCUT2D eigenvalue weighted by Gasteiger charge is 2.20. The molecule has 1 aliphatic carbocycles. The van der Waals surface area contributed by atoms with Crippen LogP contribution >= 0.6 is 27.7 Å². The molecular formula is C13H17BrOS. The standard InChI is InChI=1S/C13H17BrOS/c14-11-5-2-6-13(8-11)16-9-12(15)7-10-3-1-4-10/h2,5-6,8,10,12,15H,1,3-4,7,9H2. The highest BCUT2D eigenvalue weighted by molar-refractivity contribution is 9.10. The van der Waals surface area contributed by atoms with Crippen molar-refractivity contribution in [2.24, 2.45) is 5.92 Å². The van der Waals surface area contributed by atoms with E-state index in [9.17, 15) is 5.11 Å². The number of aliphatic hydroxyl groups is 1. The third-order valence-electron chi connectivity index (χ3n) is 3.07. The molecule has 0 heterocycles. The molecule has 1 saturated carbocycles. The molecule has 0 radical (unpaired) electrons. The Bertz CT molecular complexity index is 338. The van der Waals surface area contributed by atoms with E-state index < -0.39 is 0 Å². The van der Waals surface area contributed by atoms with Crippen LogP contribution < -0.4 is 0 Å². The Morgan fingerprint density at radius 1 is 1.44 bits per heavy atom. The molecule has 1 aliphatic rings. The molecule has 2 rings (SSSR count). The summed E-state index contributed by atoms with van der Waals surface area (Å²) in [5, 5.41) is 9.88. The second-order valence-electron chi connectivity index (χ2n) is 4.45. The number of thioether (sulfide) groups is 1. The molecule has 16 heavy (non-hydrogen) atoms. The van der Waals surface area contributed by atoms with Crippen LogP contribution in [0.2, 0.25) is 0 Å². The topological polar surface area (TPSA) is 20.2 Å². The second kappa shape index (κ2) is 6.08. The summed E-state index contributed by atoms with van der Waals surface area (Å²) in [7, 11) is 0. The quantitative estimate of drug-likeness (QED) is 0.827. The summed E-state index contributed by atoms with van der Waals surface area (Å²) >= 11 is 5.19. The van der Waals surface area contributed by atoms with Crippen LogP contribution in [-0.2, 0) is 0 Å². The summed E-state index contributed by atoms with van der Waals surface area (Å²) in [4.78, 5) is 1.22. The summed E-state index contributed by atoms with van der Waals surface area (Å²) < 4.78 is 1.10. The lowest BCUT2D eigenvalue weighted by atomic mass is 9.82. The van der Waals surface area contributed by atoms with Crippen molar-refractivity contribution in [1.29, 1.82) is 0 Å². The van der Waals surface area contributed by atoms with Gasteiger partial charge >= 0.3 is 0 Å². The fourth-order valence-electron chi connectivity index (χ4n) is 1.93. The predicted octanol–water partition coefficient (Wildman–Crippen LogP) is 4.09. The lowest BCUT2D eigenvalue weighted by Crippen LogP contribution is -2.20. The van der Waals surface area contributed by atoms with Crippen molar-refractivity contribution in [1.82, 2.24) is 0 Å². The van der Waals surface area contributed by atoms with Gasteiger partial charge in [-0.3, -0.25) is 0 Å². The molecule has 88 valence electrons. The van der Waals surface area contributed by atoms with Crippen molar-refractivity contribution in [2.75, 3.05) is 5.75 Å². The van der Waals surface area contributed by atoms with Crippen molar-refractivity contribution in [2.45, 2.75) is 36.7 Å². The zero-order chi connectivity index (χ0) is 11.4. The largest absolute Gasteiger partial charge is 0.392 e. The summed E-state index contributed by atoms with van der Waals surface area (Å²) in [6.45, 7) is 0. The van der Waals surface area contributed by atoms with Gasteiger partial charge in [0, 0.05) is 15.1 Å². The van der Waals surface area contributed by atoms with E-state index >= 15 is 0 Å². The molecule has 0 saturated heterocycles. The zero-order valence-electron chi connectivity index (χ0n) is 9.23. The summed E-state index contributed by atoms with van der Waals surface area (Å²) in [6.07, 6.45) is 4.84. The maximum Gasteiger partial charge on any atom is 0.0636 e. The molecule has 0 spiro atoms. The average Bonchev–Trinajstić information content (AvgIpc) is 2.21. The molecule has 1 nitrogen and oxygen atoms in total. The zero-order valence-corrected chi connectivity index (χ0v) is 11.6. The Balaban J connectivity index is 1.73. The van der Waals surface area contributed by atoms with E-state index in [1.807, 2.05) is 12.1 Å². The van der Waals surface area contributed by atoms with Crippen LogP contribution in [0.15, 0.2) is 33.6 Å². The molecule has 1 aromatic rings. The summed E-state index contributed by atoms with van der Waals surface area (Å²) in [5.41, 5.74) is 0. The van der Waals surface area contributed by atoms with Crippen LogP contribution in [-0.4, -0.2) is 17.0 Å². The van der Waals surface area contributed by atoms with Gasteiger partial charge in [0.25, 0.3) is 0 Å². The minimum atomic E-state index is -0.144. The molecule has 0 aromatic heterocycles. The molecule has 1 aromatic carbocycles. The monoisotopic (exact) mass is 300 g/mol. The Morgan fingerprint density at radius 3 is 2.88 bits per heavy atom. The molecule has 3 heteroatoms. The molecular weight excluding hydrogens is 284 g/mol. The van der Waals surface area contributed by atoms with Crippen LogP contribution in [0, 0.1) is 5.92 Å². The number of halogens is 1. The van der Waals surface area contributed by atoms with Crippen LogP contribution in [0.25, 0.3) is 0 Å². The van der Waals surface area contributed by atoms with Gasteiger partial charge in [-0.15, -0.1) is 11.8 Å². The molecule has 1 fully saturated rings. The first-order valence-electron chi connectivity index (χ1n) is 5.80. The Hall–Kier alpha value is 0.01000. The second-order valence-corrected chi connectivity index (χ2v) is 6.46. The van der Waals surface area contributed by atoms with E-state index in [-0.39, 0.29) is 6.10 Å². The summed E-state index contributed by atoms with van der Waals surface area (Å²) in [5.74, 6) is 1.60. The maximum absolute atomic E-state index is 9.88. The first-order valence-corrected chi connectivity index (χ1v) is 7.58. The minimum Gasteiger partial charge on any atom is -0.392 e. The fourth-order valence-corrected chi connectivity index (χ4v) is 3.39. The Labute approximate surface area is 110 Å². The van der Waals surface area contributed by atoms with Gasteiger partial charge in [0.05, 0.1) is 6.10 Å². The van der Waals surface area contributed by atoms with Crippen LogP contribution in [0.3, 0.4) is 0 Å². The lowest BCUT2D eigenvalue weighted by molar-refractivity contribution is 0.136. The van der Waals surface area contributed by atoms with Crippen molar-refractivity contribution in [3.63, 3.8) is 0 Å². The van der Waals surface area contributed by atoms with Crippen LogP contribution in [0.1, 0.15) is 25.7 Å². The Kier molecular flexibility index (Phi) is 4.74. The first-order chi connectivity index (χ1) is 7.74. The highest BCUT2D eigenvalue weighted by atomic mass is 79.9. The van der Waals surface area contributed by atoms with Crippen molar-refractivity contribution in [3.8, 4) is 0 Å². The Morgan fingerprint density at radius 2 is 2.25 bits per heavy atom.